The molecule has 0 spiro atoms. The Morgan fingerprint density at radius 2 is 1.38 bits per heavy atom. The molecule has 0 aliphatic carbocycles. The summed E-state index contributed by atoms with van der Waals surface area (Å²) in [5, 5.41) is 18.8. The van der Waals surface area contributed by atoms with Gasteiger partial charge >= 0.3 is 5.97 Å². The summed E-state index contributed by atoms with van der Waals surface area (Å²) in [4.78, 5) is 11.6. The molecule has 0 aromatic heterocycles. The van der Waals surface area contributed by atoms with Crippen LogP contribution in [0.3, 0.4) is 0 Å². The molecule has 0 atom stereocenters. The summed E-state index contributed by atoms with van der Waals surface area (Å²) in [7, 11) is 0. The first-order valence-corrected chi connectivity index (χ1v) is 7.77. The van der Waals surface area contributed by atoms with Gasteiger partial charge in [-0.05, 0) is 0 Å². The number of benzene rings is 2. The van der Waals surface area contributed by atoms with Crippen LogP contribution in [0.4, 0.5) is 0 Å². The standard InChI is InChI=1S/C18H11N3O2S/c19-11-14(18(22)23)15-16(12-7-3-1-4-8-12)20-24-21-17(15)13-9-5-2-6-10-13/h1-10H,(H,22,23). The van der Waals surface area contributed by atoms with Crippen LogP contribution < -0.4 is 0 Å². The van der Waals surface area contributed by atoms with Crippen molar-refractivity contribution in [1.82, 2.24) is 0 Å². The minimum absolute atomic E-state index is 0.237. The van der Waals surface area contributed by atoms with Crippen LogP contribution in [0.5, 0.6) is 0 Å². The molecule has 0 amide bonds. The van der Waals surface area contributed by atoms with Crippen LogP contribution in [0, 0.1) is 11.3 Å². The van der Waals surface area contributed by atoms with E-state index in [1.807, 2.05) is 60.7 Å². The van der Waals surface area contributed by atoms with Crippen LogP contribution in [0.15, 0.2) is 80.6 Å². The van der Waals surface area contributed by atoms with Crippen molar-refractivity contribution in [1.29, 1.82) is 5.26 Å². The monoisotopic (exact) mass is 333 g/mol. The van der Waals surface area contributed by atoms with Crippen molar-refractivity contribution in [3.05, 3.63) is 82.9 Å². The normalized spacial score (nSPS) is 13.5. The van der Waals surface area contributed by atoms with Crippen molar-refractivity contribution in [2.75, 3.05) is 0 Å². The van der Waals surface area contributed by atoms with Crippen molar-refractivity contribution < 1.29 is 9.90 Å². The van der Waals surface area contributed by atoms with E-state index in [2.05, 4.69) is 8.80 Å². The lowest BCUT2D eigenvalue weighted by Crippen LogP contribution is -2.22. The first kappa shape index (κ1) is 15.7. The Morgan fingerprint density at radius 1 is 0.917 bits per heavy atom. The Morgan fingerprint density at radius 3 is 1.75 bits per heavy atom. The molecule has 0 radical (unpaired) electrons. The number of allylic oxidation sites excluding steroid dienone is 1. The highest BCUT2D eigenvalue weighted by atomic mass is 32.2. The Kier molecular flexibility index (Phi) is 4.54. The van der Waals surface area contributed by atoms with Gasteiger partial charge in [0.25, 0.3) is 0 Å². The van der Waals surface area contributed by atoms with E-state index in [4.69, 9.17) is 0 Å². The molecule has 1 aliphatic rings. The van der Waals surface area contributed by atoms with Crippen LogP contribution in [0.2, 0.25) is 0 Å². The van der Waals surface area contributed by atoms with Gasteiger partial charge in [0.05, 0.1) is 17.0 Å². The van der Waals surface area contributed by atoms with Crippen molar-refractivity contribution in [2.24, 2.45) is 8.80 Å². The number of carboxylic acid groups (broad SMARTS) is 1. The lowest BCUT2D eigenvalue weighted by molar-refractivity contribution is -0.132. The summed E-state index contributed by atoms with van der Waals surface area (Å²) in [5.74, 6) is -1.30. The second kappa shape index (κ2) is 6.94. The van der Waals surface area contributed by atoms with Gasteiger partial charge in [-0.15, -0.1) is 0 Å². The molecule has 2 aromatic rings. The topological polar surface area (TPSA) is 85.8 Å². The Hall–Kier alpha value is -3.17. The highest BCUT2D eigenvalue weighted by Gasteiger charge is 2.28. The zero-order valence-corrected chi connectivity index (χ0v) is 13.2. The molecule has 1 N–H and O–H groups in total. The first-order valence-electron chi connectivity index (χ1n) is 7.04. The summed E-state index contributed by atoms with van der Waals surface area (Å²) in [6, 6.07) is 20.1. The minimum atomic E-state index is -1.30. The average molecular weight is 333 g/mol. The van der Waals surface area contributed by atoms with Crippen LogP contribution in [0.1, 0.15) is 11.1 Å². The molecule has 116 valence electrons. The number of hydrogen-bond acceptors (Lipinski definition) is 5. The van der Waals surface area contributed by atoms with Crippen molar-refractivity contribution in [3.63, 3.8) is 0 Å². The molecule has 0 fully saturated rings. The zero-order chi connectivity index (χ0) is 16.9. The van der Waals surface area contributed by atoms with Crippen LogP contribution in [-0.4, -0.2) is 22.5 Å². The fourth-order valence-electron chi connectivity index (χ4n) is 2.34. The van der Waals surface area contributed by atoms with Gasteiger partial charge in [0, 0.05) is 11.1 Å². The third kappa shape index (κ3) is 2.98. The minimum Gasteiger partial charge on any atom is -0.477 e. The van der Waals surface area contributed by atoms with Gasteiger partial charge in [-0.3, -0.25) is 0 Å². The molecule has 0 bridgehead atoms. The fraction of sp³-hybridized carbons (Fsp3) is 0. The molecule has 1 aliphatic heterocycles. The second-order valence-corrected chi connectivity index (χ2v) is 5.39. The molecule has 5 nitrogen and oxygen atoms in total. The second-order valence-electron chi connectivity index (χ2n) is 4.86. The number of nitriles is 1. The average Bonchev–Trinajstić information content (AvgIpc) is 2.63. The summed E-state index contributed by atoms with van der Waals surface area (Å²) in [5.41, 5.74) is 2.21. The van der Waals surface area contributed by atoms with Gasteiger partial charge in [-0.1, -0.05) is 60.7 Å². The zero-order valence-electron chi connectivity index (χ0n) is 12.4. The summed E-state index contributed by atoms with van der Waals surface area (Å²) < 4.78 is 8.56. The lowest BCUT2D eigenvalue weighted by atomic mass is 9.90. The van der Waals surface area contributed by atoms with E-state index in [1.165, 1.54) is 0 Å². The predicted octanol–water partition coefficient (Wildman–Crippen LogP) is 3.45. The number of rotatable bonds is 3. The molecule has 3 rings (SSSR count). The summed E-state index contributed by atoms with van der Waals surface area (Å²) in [6.07, 6.45) is 0. The number of carboxylic acids is 1. The van der Waals surface area contributed by atoms with E-state index in [0.717, 1.165) is 23.3 Å². The first-order chi connectivity index (χ1) is 11.7. The van der Waals surface area contributed by atoms with E-state index in [1.54, 1.807) is 6.07 Å². The predicted molar refractivity (Wildman–Crippen MR) is 93.8 cm³/mol. The van der Waals surface area contributed by atoms with Crippen molar-refractivity contribution in [2.45, 2.75) is 0 Å². The van der Waals surface area contributed by atoms with E-state index in [0.29, 0.717) is 11.4 Å². The van der Waals surface area contributed by atoms with Crippen molar-refractivity contribution >= 4 is 29.5 Å². The number of hydrogen-bond donors (Lipinski definition) is 1. The number of aliphatic carboxylic acids is 1. The van der Waals surface area contributed by atoms with E-state index in [9.17, 15) is 15.2 Å². The van der Waals surface area contributed by atoms with E-state index >= 15 is 0 Å². The van der Waals surface area contributed by atoms with Crippen molar-refractivity contribution in [3.8, 4) is 6.07 Å². The number of carbonyl (C=O) groups is 1. The van der Waals surface area contributed by atoms with Gasteiger partial charge < -0.3 is 5.11 Å². The largest absolute Gasteiger partial charge is 0.477 e. The molecular formula is C18H11N3O2S. The summed E-state index contributed by atoms with van der Waals surface area (Å²) >= 11 is 0.984. The number of nitrogens with zero attached hydrogens (tertiary/aromatic N) is 3. The Bertz CT molecular complexity index is 853. The highest BCUT2D eigenvalue weighted by Crippen LogP contribution is 2.28. The Labute approximate surface area is 143 Å². The van der Waals surface area contributed by atoms with Crippen LogP contribution >= 0.6 is 12.1 Å². The van der Waals surface area contributed by atoms with E-state index in [-0.39, 0.29) is 11.1 Å². The maximum atomic E-state index is 11.6. The Balaban J connectivity index is 2.24. The molecular weight excluding hydrogens is 322 g/mol. The van der Waals surface area contributed by atoms with Gasteiger partial charge in [-0.2, -0.15) is 14.1 Å². The highest BCUT2D eigenvalue weighted by molar-refractivity contribution is 7.97. The maximum absolute atomic E-state index is 11.6. The molecule has 0 unspecified atom stereocenters. The van der Waals surface area contributed by atoms with Crippen LogP contribution in [0.25, 0.3) is 0 Å². The van der Waals surface area contributed by atoms with Gasteiger partial charge in [-0.25, -0.2) is 4.79 Å². The third-order valence-corrected chi connectivity index (χ3v) is 3.94. The molecule has 0 saturated carbocycles. The quantitative estimate of drug-likeness (QED) is 0.529. The third-order valence-electron chi connectivity index (χ3n) is 3.41. The van der Waals surface area contributed by atoms with Gasteiger partial charge in [0.2, 0.25) is 0 Å². The molecule has 0 saturated heterocycles. The molecule has 2 aromatic carbocycles. The molecule has 1 heterocycles. The lowest BCUT2D eigenvalue weighted by Gasteiger charge is -2.17. The van der Waals surface area contributed by atoms with E-state index < -0.39 is 5.97 Å². The van der Waals surface area contributed by atoms with Gasteiger partial charge in [0.15, 0.2) is 0 Å². The molecule has 24 heavy (non-hydrogen) atoms. The van der Waals surface area contributed by atoms with Gasteiger partial charge in [0.1, 0.15) is 23.8 Å². The smallest absolute Gasteiger partial charge is 0.347 e. The molecule has 6 heteroatoms. The SMILES string of the molecule is N#CC(C(=O)O)=C1C(c2ccccc2)=NSN=C1c1ccccc1. The maximum Gasteiger partial charge on any atom is 0.347 e. The summed E-state index contributed by atoms with van der Waals surface area (Å²) in [6.45, 7) is 0. The fourth-order valence-corrected chi connectivity index (χ4v) is 2.94. The van der Waals surface area contributed by atoms with Crippen LogP contribution in [-0.2, 0) is 4.79 Å².